The minimum absolute atomic E-state index is 0.120. The van der Waals surface area contributed by atoms with Crippen molar-refractivity contribution in [1.29, 1.82) is 0 Å². The molecule has 1 N–H and O–H groups in total. The molecule has 4 nitrogen and oxygen atoms in total. The van der Waals surface area contributed by atoms with E-state index in [1.807, 2.05) is 0 Å². The predicted octanol–water partition coefficient (Wildman–Crippen LogP) is 4.77. The van der Waals surface area contributed by atoms with Gasteiger partial charge in [0.15, 0.2) is 5.82 Å². The largest absolute Gasteiger partial charge is 0.403 e. The zero-order chi connectivity index (χ0) is 19.4. The van der Waals surface area contributed by atoms with Crippen molar-refractivity contribution in [2.75, 3.05) is 5.32 Å². The minimum Gasteiger partial charge on any atom is -0.308 e. The van der Waals surface area contributed by atoms with Crippen LogP contribution in [0, 0.1) is 11.2 Å². The zero-order valence-electron chi connectivity index (χ0n) is 14.7. The van der Waals surface area contributed by atoms with Gasteiger partial charge in [-0.1, -0.05) is 6.42 Å². The molecule has 0 radical (unpaired) electrons. The summed E-state index contributed by atoms with van der Waals surface area (Å²) < 4.78 is 54.6. The maximum atomic E-state index is 13.3. The second-order valence-electron chi connectivity index (χ2n) is 7.40. The average molecular weight is 381 g/mol. The molecule has 2 aliphatic carbocycles. The minimum atomic E-state index is -4.57. The molecule has 0 atom stereocenters. The lowest BCUT2D eigenvalue weighted by atomic mass is 9.79. The van der Waals surface area contributed by atoms with Crippen molar-refractivity contribution < 1.29 is 22.4 Å². The van der Waals surface area contributed by atoms with E-state index in [1.165, 1.54) is 12.1 Å². The smallest absolute Gasteiger partial charge is 0.308 e. The number of aromatic nitrogens is 2. The van der Waals surface area contributed by atoms with E-state index in [0.717, 1.165) is 24.8 Å². The summed E-state index contributed by atoms with van der Waals surface area (Å²) >= 11 is 0. The number of amides is 1. The summed E-state index contributed by atoms with van der Waals surface area (Å²) in [5, 5.41) is 6.75. The van der Waals surface area contributed by atoms with Crippen molar-refractivity contribution in [3.63, 3.8) is 0 Å². The number of nitrogens with one attached hydrogen (secondary N) is 1. The molecule has 4 rings (SSSR count). The monoisotopic (exact) mass is 381 g/mol. The van der Waals surface area contributed by atoms with Crippen LogP contribution in [0.25, 0.3) is 11.3 Å². The summed E-state index contributed by atoms with van der Waals surface area (Å²) in [7, 11) is 1.67. The van der Waals surface area contributed by atoms with Crippen LogP contribution in [0.2, 0.25) is 0 Å². The molecule has 0 bridgehead atoms. The summed E-state index contributed by atoms with van der Waals surface area (Å²) in [6, 6.07) is 5.87. The number of anilines is 1. The Morgan fingerprint density at radius 3 is 2.33 bits per heavy atom. The van der Waals surface area contributed by atoms with Gasteiger partial charge in [-0.15, -0.1) is 0 Å². The molecule has 8 heteroatoms. The SMILES string of the molecule is Cn1nc(NC(=O)C2(C(F)(F)F)CC2)c(C2CCC2)c1-c1ccc(F)cc1. The number of rotatable bonds is 4. The number of carbonyl (C=O) groups is 1. The molecule has 144 valence electrons. The number of hydrogen-bond acceptors (Lipinski definition) is 2. The Kier molecular flexibility index (Phi) is 4.05. The maximum Gasteiger partial charge on any atom is 0.403 e. The third kappa shape index (κ3) is 2.91. The van der Waals surface area contributed by atoms with Gasteiger partial charge >= 0.3 is 6.18 Å². The van der Waals surface area contributed by atoms with Crippen molar-refractivity contribution in [2.45, 2.75) is 44.2 Å². The molecule has 1 aromatic heterocycles. The molecule has 2 fully saturated rings. The molecular formula is C19H19F4N3O. The standard InChI is InChI=1S/C19H19F4N3O/c1-26-15(12-5-7-13(20)8-6-12)14(11-3-2-4-11)16(25-26)24-17(27)18(9-10-18)19(21,22)23/h5-8,11H,2-4,9-10H2,1H3,(H,24,25,27). The molecule has 27 heavy (non-hydrogen) atoms. The van der Waals surface area contributed by atoms with E-state index >= 15 is 0 Å². The van der Waals surface area contributed by atoms with Gasteiger partial charge in [0.05, 0.1) is 5.69 Å². The third-order valence-corrected chi connectivity index (χ3v) is 5.67. The number of carbonyl (C=O) groups excluding carboxylic acids is 1. The summed E-state index contributed by atoms with van der Waals surface area (Å²) in [6.45, 7) is 0. The van der Waals surface area contributed by atoms with Crippen LogP contribution in [-0.4, -0.2) is 21.9 Å². The number of nitrogens with zero attached hydrogens (tertiary/aromatic N) is 2. The number of alkyl halides is 3. The molecule has 2 aromatic rings. The molecule has 1 amide bonds. The van der Waals surface area contributed by atoms with Gasteiger partial charge in [-0.05, 0) is 55.9 Å². The van der Waals surface area contributed by atoms with E-state index in [-0.39, 0.29) is 30.4 Å². The van der Waals surface area contributed by atoms with Crippen molar-refractivity contribution in [3.8, 4) is 11.3 Å². The first-order chi connectivity index (χ1) is 12.7. The molecule has 2 saturated carbocycles. The van der Waals surface area contributed by atoms with E-state index in [9.17, 15) is 22.4 Å². The Hall–Kier alpha value is -2.38. The van der Waals surface area contributed by atoms with E-state index in [2.05, 4.69) is 10.4 Å². The summed E-state index contributed by atoms with van der Waals surface area (Å²) in [5.74, 6) is -1.11. The van der Waals surface area contributed by atoms with Crippen LogP contribution in [0.4, 0.5) is 23.4 Å². The summed E-state index contributed by atoms with van der Waals surface area (Å²) in [4.78, 5) is 12.4. The van der Waals surface area contributed by atoms with Gasteiger partial charge in [0.1, 0.15) is 11.2 Å². The van der Waals surface area contributed by atoms with Crippen LogP contribution < -0.4 is 5.32 Å². The van der Waals surface area contributed by atoms with E-state index in [0.29, 0.717) is 11.3 Å². The van der Waals surface area contributed by atoms with Crippen LogP contribution in [0.3, 0.4) is 0 Å². The Labute approximate surface area is 153 Å². The highest BCUT2D eigenvalue weighted by molar-refractivity contribution is 5.98. The first-order valence-corrected chi connectivity index (χ1v) is 8.94. The lowest BCUT2D eigenvalue weighted by Gasteiger charge is -2.27. The third-order valence-electron chi connectivity index (χ3n) is 5.67. The van der Waals surface area contributed by atoms with E-state index in [1.54, 1.807) is 23.9 Å². The van der Waals surface area contributed by atoms with Crippen molar-refractivity contribution >= 4 is 11.7 Å². The fraction of sp³-hybridized carbons (Fsp3) is 0.474. The molecular weight excluding hydrogens is 362 g/mol. The van der Waals surface area contributed by atoms with Gasteiger partial charge in [-0.2, -0.15) is 18.3 Å². The van der Waals surface area contributed by atoms with Crippen molar-refractivity contribution in [2.24, 2.45) is 12.5 Å². The topological polar surface area (TPSA) is 46.9 Å². The molecule has 0 unspecified atom stereocenters. The van der Waals surface area contributed by atoms with Gasteiger partial charge in [-0.25, -0.2) is 4.39 Å². The van der Waals surface area contributed by atoms with Crippen LogP contribution in [-0.2, 0) is 11.8 Å². The first kappa shape index (κ1) is 18.0. The predicted molar refractivity (Wildman–Crippen MR) is 91.5 cm³/mol. The fourth-order valence-corrected chi connectivity index (χ4v) is 3.66. The molecule has 2 aliphatic rings. The number of benzene rings is 1. The van der Waals surface area contributed by atoms with Crippen molar-refractivity contribution in [3.05, 3.63) is 35.6 Å². The van der Waals surface area contributed by atoms with E-state index < -0.39 is 17.5 Å². The number of aryl methyl sites for hydroxylation is 1. The van der Waals surface area contributed by atoms with Gasteiger partial charge in [0.2, 0.25) is 5.91 Å². The van der Waals surface area contributed by atoms with E-state index in [4.69, 9.17) is 0 Å². The van der Waals surface area contributed by atoms with Gasteiger partial charge in [0.25, 0.3) is 0 Å². The second kappa shape index (κ2) is 6.07. The second-order valence-corrected chi connectivity index (χ2v) is 7.40. The average Bonchev–Trinajstić information content (AvgIpc) is 3.30. The Bertz CT molecular complexity index is 878. The summed E-state index contributed by atoms with van der Waals surface area (Å²) in [6.07, 6.45) is -2.18. The summed E-state index contributed by atoms with van der Waals surface area (Å²) in [5.41, 5.74) is -0.142. The van der Waals surface area contributed by atoms with Crippen LogP contribution >= 0.6 is 0 Å². The molecule has 0 aliphatic heterocycles. The van der Waals surface area contributed by atoms with Crippen LogP contribution in [0.15, 0.2) is 24.3 Å². The quantitative estimate of drug-likeness (QED) is 0.775. The van der Waals surface area contributed by atoms with Gasteiger partial charge in [-0.3, -0.25) is 9.48 Å². The Morgan fingerprint density at radius 2 is 1.85 bits per heavy atom. The molecule has 1 aromatic carbocycles. The van der Waals surface area contributed by atoms with Crippen molar-refractivity contribution in [1.82, 2.24) is 9.78 Å². The van der Waals surface area contributed by atoms with Crippen LogP contribution in [0.5, 0.6) is 0 Å². The highest BCUT2D eigenvalue weighted by atomic mass is 19.4. The first-order valence-electron chi connectivity index (χ1n) is 8.94. The number of hydrogen-bond donors (Lipinski definition) is 1. The molecule has 0 spiro atoms. The zero-order valence-corrected chi connectivity index (χ0v) is 14.7. The van der Waals surface area contributed by atoms with Gasteiger partial charge in [0, 0.05) is 18.2 Å². The fourth-order valence-electron chi connectivity index (χ4n) is 3.66. The highest BCUT2D eigenvalue weighted by Crippen LogP contribution is 2.58. The maximum absolute atomic E-state index is 13.3. The highest BCUT2D eigenvalue weighted by Gasteiger charge is 2.68. The number of halogens is 4. The normalized spacial score (nSPS) is 18.9. The Morgan fingerprint density at radius 1 is 1.22 bits per heavy atom. The van der Waals surface area contributed by atoms with Gasteiger partial charge < -0.3 is 5.32 Å². The lowest BCUT2D eigenvalue weighted by Crippen LogP contribution is -2.37. The molecule has 1 heterocycles. The van der Waals surface area contributed by atoms with Crippen LogP contribution in [0.1, 0.15) is 43.6 Å². The lowest BCUT2D eigenvalue weighted by molar-refractivity contribution is -0.189. The molecule has 0 saturated heterocycles. The Balaban J connectivity index is 1.72.